The van der Waals surface area contributed by atoms with E-state index in [4.69, 9.17) is 0 Å². The normalized spacial score (nSPS) is 14.3. The summed E-state index contributed by atoms with van der Waals surface area (Å²) >= 11 is 0. The number of hydrogen-bond donors (Lipinski definition) is 0. The van der Waals surface area contributed by atoms with Gasteiger partial charge in [-0.05, 0) is 6.92 Å². The Bertz CT molecular complexity index is 68.0. The lowest BCUT2D eigenvalue weighted by molar-refractivity contribution is -0.168. The number of halogens is 2. The molecule has 0 amide bonds. The molecule has 0 aromatic carbocycles. The van der Waals surface area contributed by atoms with Crippen LogP contribution in [0.5, 0.6) is 0 Å². The van der Waals surface area contributed by atoms with Crippen LogP contribution in [0.3, 0.4) is 0 Å². The van der Waals surface area contributed by atoms with Crippen LogP contribution in [0.15, 0.2) is 0 Å². The number of ether oxygens (including phenoxy) is 2. The fourth-order valence-corrected chi connectivity index (χ4v) is 0.450. The Morgan fingerprint density at radius 1 is 1.44 bits per heavy atom. The van der Waals surface area contributed by atoms with E-state index in [1.165, 1.54) is 14.0 Å². The van der Waals surface area contributed by atoms with Gasteiger partial charge in [-0.1, -0.05) is 0 Å². The lowest BCUT2D eigenvalue weighted by Gasteiger charge is -2.09. The average molecular weight is 140 g/mol. The van der Waals surface area contributed by atoms with Crippen LogP contribution in [-0.4, -0.2) is 26.4 Å². The Hall–Kier alpha value is -0.220. The predicted octanol–water partition coefficient (Wildman–Crippen LogP) is 1.26. The van der Waals surface area contributed by atoms with E-state index < -0.39 is 12.7 Å². The van der Waals surface area contributed by atoms with E-state index in [-0.39, 0.29) is 6.61 Å². The number of alkyl halides is 2. The SMILES string of the molecule is COC[C@@H](C)OC(F)F. The quantitative estimate of drug-likeness (QED) is 0.585. The third-order valence-electron chi connectivity index (χ3n) is 0.737. The van der Waals surface area contributed by atoms with Crippen LogP contribution in [0.2, 0.25) is 0 Å². The van der Waals surface area contributed by atoms with Crippen molar-refractivity contribution in [2.75, 3.05) is 13.7 Å². The van der Waals surface area contributed by atoms with E-state index in [0.29, 0.717) is 0 Å². The molecule has 0 rings (SSSR count). The molecule has 56 valence electrons. The molecule has 0 aliphatic heterocycles. The Kier molecular flexibility index (Phi) is 4.53. The van der Waals surface area contributed by atoms with Crippen molar-refractivity contribution in [2.24, 2.45) is 0 Å². The van der Waals surface area contributed by atoms with Gasteiger partial charge >= 0.3 is 6.61 Å². The van der Waals surface area contributed by atoms with Gasteiger partial charge in [0.15, 0.2) is 0 Å². The largest absolute Gasteiger partial charge is 0.382 e. The molecule has 0 radical (unpaired) electrons. The molecule has 2 nitrogen and oxygen atoms in total. The summed E-state index contributed by atoms with van der Waals surface area (Å²) in [5, 5.41) is 0. The van der Waals surface area contributed by atoms with E-state index >= 15 is 0 Å². The highest BCUT2D eigenvalue weighted by Crippen LogP contribution is 2.00. The fraction of sp³-hybridized carbons (Fsp3) is 1.00. The van der Waals surface area contributed by atoms with E-state index in [1.54, 1.807) is 0 Å². The Labute approximate surface area is 52.8 Å². The van der Waals surface area contributed by atoms with Crippen LogP contribution >= 0.6 is 0 Å². The summed E-state index contributed by atoms with van der Waals surface area (Å²) in [5.41, 5.74) is 0. The molecular formula is C5H10F2O2. The van der Waals surface area contributed by atoms with Crippen LogP contribution in [0, 0.1) is 0 Å². The van der Waals surface area contributed by atoms with Crippen molar-refractivity contribution < 1.29 is 18.3 Å². The van der Waals surface area contributed by atoms with Gasteiger partial charge in [0.05, 0.1) is 12.7 Å². The van der Waals surface area contributed by atoms with Crippen molar-refractivity contribution in [3.05, 3.63) is 0 Å². The molecule has 4 heteroatoms. The predicted molar refractivity (Wildman–Crippen MR) is 28.4 cm³/mol. The van der Waals surface area contributed by atoms with Crippen molar-refractivity contribution >= 4 is 0 Å². The minimum atomic E-state index is -2.70. The molecule has 0 fully saturated rings. The second kappa shape index (κ2) is 4.64. The zero-order chi connectivity index (χ0) is 7.28. The highest BCUT2D eigenvalue weighted by Gasteiger charge is 2.07. The fourth-order valence-electron chi connectivity index (χ4n) is 0.450. The number of methoxy groups -OCH3 is 1. The molecule has 0 aromatic heterocycles. The van der Waals surface area contributed by atoms with Crippen LogP contribution in [-0.2, 0) is 9.47 Å². The minimum Gasteiger partial charge on any atom is -0.382 e. The standard InChI is InChI=1S/C5H10F2O2/c1-4(3-8-2)9-5(6)7/h4-5H,3H2,1-2H3/t4-/m1/s1. The van der Waals surface area contributed by atoms with Crippen LogP contribution < -0.4 is 0 Å². The maximum atomic E-state index is 11.3. The van der Waals surface area contributed by atoms with E-state index in [9.17, 15) is 8.78 Å². The van der Waals surface area contributed by atoms with Gasteiger partial charge in [0, 0.05) is 7.11 Å². The van der Waals surface area contributed by atoms with Crippen molar-refractivity contribution in [3.63, 3.8) is 0 Å². The highest BCUT2D eigenvalue weighted by atomic mass is 19.3. The number of rotatable bonds is 4. The van der Waals surface area contributed by atoms with Gasteiger partial charge < -0.3 is 9.47 Å². The molecule has 0 aliphatic carbocycles. The first kappa shape index (κ1) is 8.78. The first-order valence-corrected chi connectivity index (χ1v) is 2.59. The van der Waals surface area contributed by atoms with Gasteiger partial charge in [0.1, 0.15) is 0 Å². The molecule has 0 aliphatic rings. The number of hydrogen-bond acceptors (Lipinski definition) is 2. The van der Waals surface area contributed by atoms with Gasteiger partial charge in [-0.2, -0.15) is 8.78 Å². The van der Waals surface area contributed by atoms with Gasteiger partial charge in [-0.3, -0.25) is 0 Å². The van der Waals surface area contributed by atoms with Crippen LogP contribution in [0.1, 0.15) is 6.92 Å². The van der Waals surface area contributed by atoms with Crippen molar-refractivity contribution in [3.8, 4) is 0 Å². The molecule has 0 bridgehead atoms. The molecular weight excluding hydrogens is 130 g/mol. The Morgan fingerprint density at radius 3 is 2.33 bits per heavy atom. The molecule has 0 spiro atoms. The van der Waals surface area contributed by atoms with Gasteiger partial charge in [0.2, 0.25) is 0 Å². The van der Waals surface area contributed by atoms with Crippen molar-refractivity contribution in [1.29, 1.82) is 0 Å². The monoisotopic (exact) mass is 140 g/mol. The molecule has 0 heterocycles. The smallest absolute Gasteiger partial charge is 0.345 e. The summed E-state index contributed by atoms with van der Waals surface area (Å²) < 4.78 is 31.2. The Balaban J connectivity index is 3.15. The van der Waals surface area contributed by atoms with Crippen molar-refractivity contribution in [2.45, 2.75) is 19.6 Å². The van der Waals surface area contributed by atoms with Gasteiger partial charge in [-0.25, -0.2) is 0 Å². The first-order valence-electron chi connectivity index (χ1n) is 2.59. The summed E-state index contributed by atoms with van der Waals surface area (Å²) in [6.07, 6.45) is -0.532. The van der Waals surface area contributed by atoms with E-state index in [2.05, 4.69) is 9.47 Å². The highest BCUT2D eigenvalue weighted by molar-refractivity contribution is 4.43. The third kappa shape index (κ3) is 5.65. The first-order chi connectivity index (χ1) is 4.16. The summed E-state index contributed by atoms with van der Waals surface area (Å²) in [4.78, 5) is 0. The summed E-state index contributed by atoms with van der Waals surface area (Å²) in [6, 6.07) is 0. The molecule has 0 saturated heterocycles. The zero-order valence-electron chi connectivity index (χ0n) is 5.43. The maximum Gasteiger partial charge on any atom is 0.345 e. The lowest BCUT2D eigenvalue weighted by Crippen LogP contribution is -2.17. The zero-order valence-corrected chi connectivity index (χ0v) is 5.43. The molecule has 9 heavy (non-hydrogen) atoms. The molecule has 0 unspecified atom stereocenters. The maximum absolute atomic E-state index is 11.3. The van der Waals surface area contributed by atoms with E-state index in [1.807, 2.05) is 0 Å². The summed E-state index contributed by atoms with van der Waals surface area (Å²) in [6.45, 7) is -0.977. The summed E-state index contributed by atoms with van der Waals surface area (Å²) in [7, 11) is 1.44. The average Bonchev–Trinajstić information content (AvgIpc) is 1.63. The second-order valence-electron chi connectivity index (χ2n) is 1.66. The Morgan fingerprint density at radius 2 is 2.00 bits per heavy atom. The third-order valence-corrected chi connectivity index (χ3v) is 0.737. The van der Waals surface area contributed by atoms with Gasteiger partial charge in [0.25, 0.3) is 0 Å². The molecule has 0 aromatic rings. The van der Waals surface area contributed by atoms with E-state index in [0.717, 1.165) is 0 Å². The molecule has 0 N–H and O–H groups in total. The molecule has 0 saturated carbocycles. The topological polar surface area (TPSA) is 18.5 Å². The van der Waals surface area contributed by atoms with Crippen LogP contribution in [0.4, 0.5) is 8.78 Å². The van der Waals surface area contributed by atoms with Crippen LogP contribution in [0.25, 0.3) is 0 Å². The summed E-state index contributed by atoms with van der Waals surface area (Å²) in [5.74, 6) is 0. The lowest BCUT2D eigenvalue weighted by atomic mass is 10.4. The molecule has 1 atom stereocenters. The second-order valence-corrected chi connectivity index (χ2v) is 1.66. The van der Waals surface area contributed by atoms with Crippen molar-refractivity contribution in [1.82, 2.24) is 0 Å². The minimum absolute atomic E-state index is 0.199. The van der Waals surface area contributed by atoms with Gasteiger partial charge in [-0.15, -0.1) is 0 Å².